The molecule has 21 heavy (non-hydrogen) atoms. The molecule has 10 heteroatoms. The monoisotopic (exact) mass is 334 g/mol. The molecule has 0 saturated carbocycles. The first-order valence-electron chi connectivity index (χ1n) is 6.09. The largest absolute Gasteiger partial charge is 0.478 e. The van der Waals surface area contributed by atoms with E-state index in [-0.39, 0.29) is 34.6 Å². The second-order valence-corrected chi connectivity index (χ2v) is 8.75. The normalized spacial score (nSPS) is 21.2. The van der Waals surface area contributed by atoms with Gasteiger partial charge >= 0.3 is 5.97 Å². The smallest absolute Gasteiger partial charge is 0.337 e. The van der Waals surface area contributed by atoms with Gasteiger partial charge in [-0.3, -0.25) is 0 Å². The molecule has 0 spiro atoms. The van der Waals surface area contributed by atoms with Gasteiger partial charge in [-0.25, -0.2) is 31.3 Å². The van der Waals surface area contributed by atoms with Crippen molar-refractivity contribution in [2.75, 3.05) is 18.1 Å². The first kappa shape index (κ1) is 15.9. The second kappa shape index (κ2) is 5.70. The van der Waals surface area contributed by atoms with E-state index in [0.717, 1.165) is 18.3 Å². The Kier molecular flexibility index (Phi) is 4.30. The van der Waals surface area contributed by atoms with Crippen LogP contribution in [0.4, 0.5) is 0 Å². The number of nitrogens with one attached hydrogen (secondary N) is 1. The Labute approximate surface area is 122 Å². The lowest BCUT2D eigenvalue weighted by molar-refractivity contribution is 0.0696. The summed E-state index contributed by atoms with van der Waals surface area (Å²) in [5.74, 6) is -1.40. The van der Waals surface area contributed by atoms with Crippen LogP contribution in [0.15, 0.2) is 23.4 Å². The van der Waals surface area contributed by atoms with Crippen LogP contribution in [-0.2, 0) is 19.9 Å². The molecule has 1 fully saturated rings. The lowest BCUT2D eigenvalue weighted by atomic mass is 10.1. The number of pyridine rings is 1. The van der Waals surface area contributed by atoms with E-state index in [9.17, 15) is 21.6 Å². The molecule has 0 amide bonds. The molecule has 1 unspecified atom stereocenters. The summed E-state index contributed by atoms with van der Waals surface area (Å²) in [6, 6.07) is 2.24. The summed E-state index contributed by atoms with van der Waals surface area (Å²) in [7, 11) is -6.94. The van der Waals surface area contributed by atoms with Gasteiger partial charge in [-0.1, -0.05) is 0 Å². The number of hydrogen-bond acceptors (Lipinski definition) is 6. The minimum atomic E-state index is -3.88. The molecule has 1 aromatic rings. The summed E-state index contributed by atoms with van der Waals surface area (Å²) in [5, 5.41) is 8.41. The van der Waals surface area contributed by atoms with E-state index in [4.69, 9.17) is 5.11 Å². The lowest BCUT2D eigenvalue weighted by Gasteiger charge is -2.09. The number of aromatic nitrogens is 1. The van der Waals surface area contributed by atoms with Gasteiger partial charge < -0.3 is 5.11 Å². The fourth-order valence-corrected chi connectivity index (χ4v) is 4.90. The Morgan fingerprint density at radius 1 is 1.43 bits per heavy atom. The van der Waals surface area contributed by atoms with E-state index in [2.05, 4.69) is 9.71 Å². The van der Waals surface area contributed by atoms with E-state index in [1.54, 1.807) is 0 Å². The van der Waals surface area contributed by atoms with Crippen LogP contribution in [0, 0.1) is 5.92 Å². The Morgan fingerprint density at radius 2 is 2.14 bits per heavy atom. The fraction of sp³-hybridized carbons (Fsp3) is 0.455. The SMILES string of the molecule is O=C(O)c1ccc(S(=O)(=O)NCC2CCS(=O)(=O)C2)nc1. The van der Waals surface area contributed by atoms with Crippen LogP contribution in [0.1, 0.15) is 16.8 Å². The molecule has 2 heterocycles. The predicted octanol–water partition coefficient (Wildman–Crippen LogP) is -0.507. The molecule has 2 rings (SSSR count). The van der Waals surface area contributed by atoms with Crippen molar-refractivity contribution in [1.82, 2.24) is 9.71 Å². The molecule has 1 saturated heterocycles. The number of sulfonamides is 1. The van der Waals surface area contributed by atoms with Gasteiger partial charge in [0.05, 0.1) is 17.1 Å². The van der Waals surface area contributed by atoms with Gasteiger partial charge in [-0.2, -0.15) is 0 Å². The number of carboxylic acids is 1. The summed E-state index contributed by atoms with van der Waals surface area (Å²) in [6.07, 6.45) is 1.38. The van der Waals surface area contributed by atoms with E-state index < -0.39 is 25.8 Å². The molecule has 1 aromatic heterocycles. The zero-order chi connectivity index (χ0) is 15.7. The zero-order valence-corrected chi connectivity index (χ0v) is 12.5. The number of carbonyl (C=O) groups is 1. The third-order valence-corrected chi connectivity index (χ3v) is 6.32. The van der Waals surface area contributed by atoms with Gasteiger partial charge in [0, 0.05) is 12.7 Å². The third-order valence-electron chi connectivity index (χ3n) is 3.15. The minimum absolute atomic E-state index is 0.0178. The molecule has 1 aliphatic rings. The third kappa shape index (κ3) is 3.99. The van der Waals surface area contributed by atoms with Gasteiger partial charge in [-0.15, -0.1) is 0 Å². The maximum absolute atomic E-state index is 12.0. The minimum Gasteiger partial charge on any atom is -0.478 e. The number of rotatable bonds is 5. The van der Waals surface area contributed by atoms with Gasteiger partial charge in [-0.05, 0) is 24.5 Å². The zero-order valence-electron chi connectivity index (χ0n) is 10.9. The van der Waals surface area contributed by atoms with Crippen LogP contribution < -0.4 is 4.72 Å². The molecule has 8 nitrogen and oxygen atoms in total. The predicted molar refractivity (Wildman–Crippen MR) is 73.1 cm³/mol. The molecule has 116 valence electrons. The van der Waals surface area contributed by atoms with E-state index in [1.807, 2.05) is 0 Å². The van der Waals surface area contributed by atoms with Gasteiger partial charge in [0.1, 0.15) is 0 Å². The van der Waals surface area contributed by atoms with Gasteiger partial charge in [0.15, 0.2) is 14.9 Å². The quantitative estimate of drug-likeness (QED) is 0.741. The first-order valence-corrected chi connectivity index (χ1v) is 9.39. The Balaban J connectivity index is 2.03. The summed E-state index contributed by atoms with van der Waals surface area (Å²) < 4.78 is 48.8. The summed E-state index contributed by atoms with van der Waals surface area (Å²) >= 11 is 0. The van der Waals surface area contributed by atoms with Crippen LogP contribution in [0.5, 0.6) is 0 Å². The molecule has 0 radical (unpaired) electrons. The van der Waals surface area contributed by atoms with Crippen molar-refractivity contribution < 1.29 is 26.7 Å². The summed E-state index contributed by atoms with van der Waals surface area (Å²) in [5.41, 5.74) is -0.115. The molecular weight excluding hydrogens is 320 g/mol. The maximum Gasteiger partial charge on any atom is 0.337 e. The van der Waals surface area contributed by atoms with Crippen LogP contribution in [-0.4, -0.2) is 50.9 Å². The van der Waals surface area contributed by atoms with E-state index in [1.165, 1.54) is 0 Å². The van der Waals surface area contributed by atoms with Crippen LogP contribution in [0.25, 0.3) is 0 Å². The summed E-state index contributed by atoms with van der Waals surface area (Å²) in [4.78, 5) is 14.3. The highest BCUT2D eigenvalue weighted by Crippen LogP contribution is 2.18. The number of sulfone groups is 1. The highest BCUT2D eigenvalue weighted by molar-refractivity contribution is 7.91. The molecule has 0 bridgehead atoms. The maximum atomic E-state index is 12.0. The van der Waals surface area contributed by atoms with Gasteiger partial charge in [0.2, 0.25) is 0 Å². The number of hydrogen-bond donors (Lipinski definition) is 2. The average molecular weight is 334 g/mol. The van der Waals surface area contributed by atoms with Crippen molar-refractivity contribution in [3.63, 3.8) is 0 Å². The Morgan fingerprint density at radius 3 is 2.62 bits per heavy atom. The van der Waals surface area contributed by atoms with Crippen molar-refractivity contribution in [3.05, 3.63) is 23.9 Å². The lowest BCUT2D eigenvalue weighted by Crippen LogP contribution is -2.30. The molecule has 0 aromatic carbocycles. The molecule has 0 aliphatic carbocycles. The van der Waals surface area contributed by atoms with Crippen molar-refractivity contribution in [2.45, 2.75) is 11.4 Å². The van der Waals surface area contributed by atoms with E-state index in [0.29, 0.717) is 6.42 Å². The highest BCUT2D eigenvalue weighted by Gasteiger charge is 2.29. The van der Waals surface area contributed by atoms with Crippen LogP contribution >= 0.6 is 0 Å². The number of carboxylic acid groups (broad SMARTS) is 1. The topological polar surface area (TPSA) is 130 Å². The number of nitrogens with zero attached hydrogens (tertiary/aromatic N) is 1. The Bertz CT molecular complexity index is 739. The van der Waals surface area contributed by atoms with E-state index >= 15 is 0 Å². The fourth-order valence-electron chi connectivity index (χ4n) is 2.00. The van der Waals surface area contributed by atoms with Crippen LogP contribution in [0.2, 0.25) is 0 Å². The number of aromatic carboxylic acids is 1. The Hall–Kier alpha value is -1.52. The second-order valence-electron chi connectivity index (χ2n) is 4.81. The van der Waals surface area contributed by atoms with Crippen molar-refractivity contribution >= 4 is 25.8 Å². The van der Waals surface area contributed by atoms with Gasteiger partial charge in [0.25, 0.3) is 10.0 Å². The molecule has 1 atom stereocenters. The molecule has 2 N–H and O–H groups in total. The van der Waals surface area contributed by atoms with Crippen LogP contribution in [0.3, 0.4) is 0 Å². The highest BCUT2D eigenvalue weighted by atomic mass is 32.2. The average Bonchev–Trinajstić information content (AvgIpc) is 2.76. The standard InChI is InChI=1S/C11H14N2O6S2/c14-11(15)9-1-2-10(12-6-9)21(18,19)13-5-8-3-4-20(16,17)7-8/h1-2,6,8,13H,3-5,7H2,(H,14,15). The van der Waals surface area contributed by atoms with Crippen molar-refractivity contribution in [1.29, 1.82) is 0 Å². The molecular formula is C11H14N2O6S2. The summed E-state index contributed by atoms with van der Waals surface area (Å²) in [6.45, 7) is 0.0178. The molecule has 1 aliphatic heterocycles. The first-order chi connectivity index (χ1) is 9.70. The van der Waals surface area contributed by atoms with Crippen molar-refractivity contribution in [2.24, 2.45) is 5.92 Å². The van der Waals surface area contributed by atoms with Crippen molar-refractivity contribution in [3.8, 4) is 0 Å².